The van der Waals surface area contributed by atoms with E-state index in [2.05, 4.69) is 19.2 Å². The highest BCUT2D eigenvalue weighted by molar-refractivity contribution is 5.80. The summed E-state index contributed by atoms with van der Waals surface area (Å²) in [6, 6.07) is -1.16. The third-order valence-corrected chi connectivity index (χ3v) is 13.4. The highest BCUT2D eigenvalue weighted by atomic mass is 16.7. The molecule has 0 aromatic carbocycles. The Kier molecular flexibility index (Phi) is 40.5. The van der Waals surface area contributed by atoms with Gasteiger partial charge in [0.15, 0.2) is 6.29 Å². The first-order valence-corrected chi connectivity index (χ1v) is 26.9. The van der Waals surface area contributed by atoms with Crippen LogP contribution in [0.3, 0.4) is 0 Å². The minimum atomic E-state index is -1.66. The molecule has 1 amide bonds. The van der Waals surface area contributed by atoms with Crippen molar-refractivity contribution >= 4 is 5.91 Å². The van der Waals surface area contributed by atoms with Gasteiger partial charge < -0.3 is 50.5 Å². The standard InChI is InChI=1S/C52H103NO10/c1-3-5-7-9-11-13-15-17-19-20-21-22-23-24-26-28-30-32-34-36-38-40-45(56)51(61)53-43(42-62-52-50(60)49(59)48(58)46(41-54)63-52)47(57)44(55)39-37-35-33-31-29-27-25-18-16-14-12-10-8-6-4-2/h43-50,52,54-60H,3-42H2,1-2H3,(H,53,61)/t43-,44+,45+,46+,47-,48-,49-,50+,52-/m0/s1. The van der Waals surface area contributed by atoms with E-state index in [0.29, 0.717) is 19.3 Å². The highest BCUT2D eigenvalue weighted by Gasteiger charge is 2.44. The van der Waals surface area contributed by atoms with Gasteiger partial charge in [0.05, 0.1) is 25.4 Å². The Balaban J connectivity index is 2.34. The minimum Gasteiger partial charge on any atom is -0.394 e. The molecule has 1 aliphatic rings. The molecule has 0 aliphatic carbocycles. The number of aliphatic hydroxyl groups excluding tert-OH is 7. The van der Waals surface area contributed by atoms with Crippen molar-refractivity contribution in [2.45, 2.75) is 313 Å². The van der Waals surface area contributed by atoms with Gasteiger partial charge in [-0.05, 0) is 12.8 Å². The average Bonchev–Trinajstić information content (AvgIpc) is 3.28. The molecule has 11 nitrogen and oxygen atoms in total. The van der Waals surface area contributed by atoms with E-state index in [9.17, 15) is 40.5 Å². The van der Waals surface area contributed by atoms with Gasteiger partial charge in [0.1, 0.15) is 36.6 Å². The maximum Gasteiger partial charge on any atom is 0.249 e. The predicted molar refractivity (Wildman–Crippen MR) is 256 cm³/mol. The zero-order valence-electron chi connectivity index (χ0n) is 40.8. The lowest BCUT2D eigenvalue weighted by molar-refractivity contribution is -0.303. The van der Waals surface area contributed by atoms with Gasteiger partial charge in [-0.25, -0.2) is 0 Å². The van der Waals surface area contributed by atoms with Gasteiger partial charge in [-0.1, -0.05) is 245 Å². The van der Waals surface area contributed by atoms with Crippen molar-refractivity contribution in [3.8, 4) is 0 Å². The van der Waals surface area contributed by atoms with Crippen LogP contribution in [0.5, 0.6) is 0 Å². The van der Waals surface area contributed by atoms with E-state index < -0.39 is 74.2 Å². The lowest BCUT2D eigenvalue weighted by Gasteiger charge is -2.40. The number of ether oxygens (including phenoxy) is 2. The van der Waals surface area contributed by atoms with Gasteiger partial charge in [0.25, 0.3) is 0 Å². The fourth-order valence-electron chi connectivity index (χ4n) is 8.97. The molecule has 1 heterocycles. The molecule has 0 aromatic heterocycles. The summed E-state index contributed by atoms with van der Waals surface area (Å²) < 4.78 is 11.1. The fourth-order valence-corrected chi connectivity index (χ4v) is 8.97. The van der Waals surface area contributed by atoms with Crippen molar-refractivity contribution in [1.82, 2.24) is 5.32 Å². The second-order valence-corrected chi connectivity index (χ2v) is 19.3. The van der Waals surface area contributed by atoms with E-state index in [-0.39, 0.29) is 6.42 Å². The molecule has 1 saturated heterocycles. The van der Waals surface area contributed by atoms with Crippen LogP contribution in [0.4, 0.5) is 0 Å². The molecular formula is C52H103NO10. The number of carbonyl (C=O) groups is 1. The Morgan fingerprint density at radius 1 is 0.492 bits per heavy atom. The van der Waals surface area contributed by atoms with Gasteiger partial charge in [0, 0.05) is 0 Å². The summed E-state index contributed by atoms with van der Waals surface area (Å²) in [5.41, 5.74) is 0. The molecule has 0 radical (unpaired) electrons. The van der Waals surface area contributed by atoms with Crippen LogP contribution < -0.4 is 5.32 Å². The molecule has 0 aromatic rings. The second kappa shape index (κ2) is 42.5. The normalized spacial score (nSPS) is 21.1. The molecule has 0 saturated carbocycles. The van der Waals surface area contributed by atoms with Crippen molar-refractivity contribution in [1.29, 1.82) is 0 Å². The molecule has 0 bridgehead atoms. The second-order valence-electron chi connectivity index (χ2n) is 19.3. The molecule has 1 fully saturated rings. The molecule has 8 N–H and O–H groups in total. The fraction of sp³-hybridized carbons (Fsp3) is 0.981. The van der Waals surface area contributed by atoms with Crippen LogP contribution in [-0.2, 0) is 14.3 Å². The molecular weight excluding hydrogens is 799 g/mol. The number of amides is 1. The summed E-state index contributed by atoms with van der Waals surface area (Å²) >= 11 is 0. The highest BCUT2D eigenvalue weighted by Crippen LogP contribution is 2.23. The Hall–Kier alpha value is -0.890. The third-order valence-electron chi connectivity index (χ3n) is 13.4. The molecule has 0 unspecified atom stereocenters. The maximum atomic E-state index is 13.1. The maximum absolute atomic E-state index is 13.1. The number of rotatable bonds is 46. The van der Waals surface area contributed by atoms with Gasteiger partial charge in [-0.15, -0.1) is 0 Å². The van der Waals surface area contributed by atoms with Gasteiger partial charge in [-0.3, -0.25) is 4.79 Å². The number of carbonyl (C=O) groups excluding carboxylic acids is 1. The van der Waals surface area contributed by atoms with Crippen molar-refractivity contribution in [3.05, 3.63) is 0 Å². The first-order valence-electron chi connectivity index (χ1n) is 26.9. The van der Waals surface area contributed by atoms with Gasteiger partial charge >= 0.3 is 0 Å². The molecule has 9 atom stereocenters. The topological polar surface area (TPSA) is 189 Å². The number of hydrogen-bond donors (Lipinski definition) is 8. The van der Waals surface area contributed by atoms with Crippen LogP contribution in [0.25, 0.3) is 0 Å². The van der Waals surface area contributed by atoms with Crippen LogP contribution >= 0.6 is 0 Å². The summed E-state index contributed by atoms with van der Waals surface area (Å²) in [6.07, 6.45) is 34.3. The van der Waals surface area contributed by atoms with Crippen molar-refractivity contribution in [2.75, 3.05) is 13.2 Å². The van der Waals surface area contributed by atoms with E-state index in [0.717, 1.165) is 38.5 Å². The summed E-state index contributed by atoms with van der Waals surface area (Å²) in [7, 11) is 0. The van der Waals surface area contributed by atoms with E-state index in [4.69, 9.17) is 9.47 Å². The first kappa shape index (κ1) is 60.1. The Bertz CT molecular complexity index is 991. The minimum absolute atomic E-state index is 0.267. The summed E-state index contributed by atoms with van der Waals surface area (Å²) in [5.74, 6) is -0.691. The lowest BCUT2D eigenvalue weighted by atomic mass is 9.98. The third kappa shape index (κ3) is 31.7. The number of hydrogen-bond acceptors (Lipinski definition) is 10. The van der Waals surface area contributed by atoms with Crippen LogP contribution in [0, 0.1) is 0 Å². The molecule has 0 spiro atoms. The molecule has 1 rings (SSSR count). The average molecular weight is 902 g/mol. The lowest BCUT2D eigenvalue weighted by Crippen LogP contribution is -2.60. The Morgan fingerprint density at radius 3 is 1.17 bits per heavy atom. The van der Waals surface area contributed by atoms with Crippen molar-refractivity contribution < 1.29 is 50.0 Å². The van der Waals surface area contributed by atoms with Crippen molar-refractivity contribution in [2.24, 2.45) is 0 Å². The molecule has 11 heteroatoms. The van der Waals surface area contributed by atoms with Gasteiger partial charge in [0.2, 0.25) is 5.91 Å². The monoisotopic (exact) mass is 902 g/mol. The van der Waals surface area contributed by atoms with E-state index in [1.807, 2.05) is 0 Å². The number of unbranched alkanes of at least 4 members (excludes halogenated alkanes) is 34. The Labute approximate surface area is 386 Å². The zero-order valence-corrected chi connectivity index (χ0v) is 40.8. The van der Waals surface area contributed by atoms with Crippen molar-refractivity contribution in [3.63, 3.8) is 0 Å². The molecule has 376 valence electrons. The summed E-state index contributed by atoms with van der Waals surface area (Å²) in [4.78, 5) is 13.1. The largest absolute Gasteiger partial charge is 0.394 e. The Morgan fingerprint density at radius 2 is 0.825 bits per heavy atom. The number of nitrogens with one attached hydrogen (secondary N) is 1. The van der Waals surface area contributed by atoms with Crippen LogP contribution in [0.15, 0.2) is 0 Å². The smallest absolute Gasteiger partial charge is 0.249 e. The first-order chi connectivity index (χ1) is 30.7. The summed E-state index contributed by atoms with van der Waals surface area (Å²) in [5, 5.41) is 76.0. The molecule has 63 heavy (non-hydrogen) atoms. The van der Waals surface area contributed by atoms with E-state index in [1.165, 1.54) is 180 Å². The van der Waals surface area contributed by atoms with E-state index >= 15 is 0 Å². The van der Waals surface area contributed by atoms with Crippen LogP contribution in [0.1, 0.15) is 258 Å². The van der Waals surface area contributed by atoms with E-state index in [1.54, 1.807) is 0 Å². The quantitative estimate of drug-likeness (QED) is 0.0273. The predicted octanol–water partition coefficient (Wildman–Crippen LogP) is 10.2. The van der Waals surface area contributed by atoms with Crippen LogP contribution in [-0.4, -0.2) is 110 Å². The summed E-state index contributed by atoms with van der Waals surface area (Å²) in [6.45, 7) is 3.48. The SMILES string of the molecule is CCCCCCCCCCCCCCCCCCCCCCC[C@@H](O)C(=O)N[C@@H](CO[C@H]1O[C@H](CO)[C@H](O)[C@H](O)[C@H]1O)[C@H](O)[C@H](O)CCCCCCCCCCCCCCCCC. The van der Waals surface area contributed by atoms with Crippen LogP contribution in [0.2, 0.25) is 0 Å². The zero-order chi connectivity index (χ0) is 46.2. The number of aliphatic hydroxyl groups is 7. The molecule has 1 aliphatic heterocycles. The van der Waals surface area contributed by atoms with Gasteiger partial charge in [-0.2, -0.15) is 0 Å².